The van der Waals surface area contributed by atoms with Crippen molar-refractivity contribution in [3.8, 4) is 0 Å². The van der Waals surface area contributed by atoms with Crippen LogP contribution in [0.4, 0.5) is 5.82 Å². The van der Waals surface area contributed by atoms with E-state index in [1.165, 1.54) is 16.7 Å². The maximum absolute atomic E-state index is 13.5. The first-order chi connectivity index (χ1) is 15.4. The van der Waals surface area contributed by atoms with Crippen molar-refractivity contribution in [2.45, 2.75) is 13.8 Å². The number of thioether (sulfide) groups is 1. The number of nitrogens with zero attached hydrogens (tertiary/aromatic N) is 5. The fraction of sp³-hybridized carbons (Fsp3) is 0.455. The van der Waals surface area contributed by atoms with Gasteiger partial charge in [-0.2, -0.15) is 0 Å². The lowest BCUT2D eigenvalue weighted by molar-refractivity contribution is -0.122. The summed E-state index contributed by atoms with van der Waals surface area (Å²) in [6.45, 7) is 9.23. The van der Waals surface area contributed by atoms with Gasteiger partial charge in [0.15, 0.2) is 0 Å². The van der Waals surface area contributed by atoms with Crippen LogP contribution in [-0.4, -0.2) is 82.4 Å². The van der Waals surface area contributed by atoms with E-state index >= 15 is 0 Å². The molecule has 2 aliphatic heterocycles. The van der Waals surface area contributed by atoms with Crippen LogP contribution >= 0.6 is 24.0 Å². The Morgan fingerprint density at radius 1 is 1.22 bits per heavy atom. The van der Waals surface area contributed by atoms with Crippen molar-refractivity contribution >= 4 is 51.7 Å². The minimum Gasteiger partial charge on any atom is -0.383 e. The number of rotatable bonds is 6. The molecule has 170 valence electrons. The summed E-state index contributed by atoms with van der Waals surface area (Å²) in [5.41, 5.74) is 1.79. The van der Waals surface area contributed by atoms with E-state index in [4.69, 9.17) is 21.9 Å². The van der Waals surface area contributed by atoms with Gasteiger partial charge in [-0.1, -0.05) is 37.0 Å². The SMILES string of the molecule is CCN1CCN(c2nc3ccc(C)cn3c(=O)c2/C=C2\SC(=S)N(CCOC)C2=O)CC1. The Morgan fingerprint density at radius 3 is 2.66 bits per heavy atom. The molecule has 0 unspecified atom stereocenters. The molecule has 10 heteroatoms. The lowest BCUT2D eigenvalue weighted by Gasteiger charge is -2.35. The maximum atomic E-state index is 13.5. The molecule has 32 heavy (non-hydrogen) atoms. The van der Waals surface area contributed by atoms with E-state index in [1.54, 1.807) is 23.8 Å². The van der Waals surface area contributed by atoms with Crippen molar-refractivity contribution in [1.82, 2.24) is 19.2 Å². The number of aromatic nitrogens is 2. The Hall–Kier alpha value is -2.27. The van der Waals surface area contributed by atoms with Crippen LogP contribution in [0.25, 0.3) is 11.7 Å². The highest BCUT2D eigenvalue weighted by Gasteiger charge is 2.33. The van der Waals surface area contributed by atoms with Crippen molar-refractivity contribution in [2.75, 3.05) is 57.9 Å². The summed E-state index contributed by atoms with van der Waals surface area (Å²) in [6.07, 6.45) is 3.45. The number of aryl methyl sites for hydroxylation is 1. The van der Waals surface area contributed by atoms with Crippen LogP contribution in [0.3, 0.4) is 0 Å². The zero-order chi connectivity index (χ0) is 22.8. The molecular formula is C22H27N5O3S2. The number of hydrogen-bond acceptors (Lipinski definition) is 8. The molecule has 0 atom stereocenters. The molecule has 0 aliphatic carbocycles. The van der Waals surface area contributed by atoms with Gasteiger partial charge in [-0.15, -0.1) is 0 Å². The number of pyridine rings is 1. The lowest BCUT2D eigenvalue weighted by atomic mass is 10.2. The predicted molar refractivity (Wildman–Crippen MR) is 132 cm³/mol. The third-order valence-corrected chi connectivity index (χ3v) is 7.15. The normalized spacial score (nSPS) is 19.0. The second kappa shape index (κ2) is 9.70. The van der Waals surface area contributed by atoms with Crippen molar-refractivity contribution in [2.24, 2.45) is 0 Å². The van der Waals surface area contributed by atoms with Crippen LogP contribution in [0.1, 0.15) is 18.1 Å². The number of thiocarbonyl (C=S) groups is 1. The zero-order valence-corrected chi connectivity index (χ0v) is 20.2. The van der Waals surface area contributed by atoms with Crippen LogP contribution < -0.4 is 10.5 Å². The molecule has 2 aromatic heterocycles. The highest BCUT2D eigenvalue weighted by molar-refractivity contribution is 8.26. The smallest absolute Gasteiger partial charge is 0.267 e. The highest BCUT2D eigenvalue weighted by atomic mass is 32.2. The molecule has 0 saturated carbocycles. The second-order valence-electron chi connectivity index (χ2n) is 7.84. The van der Waals surface area contributed by atoms with Crippen molar-refractivity contribution in [3.63, 3.8) is 0 Å². The molecular weight excluding hydrogens is 446 g/mol. The minimum absolute atomic E-state index is 0.186. The van der Waals surface area contributed by atoms with Crippen LogP contribution in [-0.2, 0) is 9.53 Å². The van der Waals surface area contributed by atoms with E-state index in [9.17, 15) is 9.59 Å². The van der Waals surface area contributed by atoms with Gasteiger partial charge < -0.3 is 14.5 Å². The standard InChI is InChI=1S/C22H27N5O3S2/c1-4-24-7-9-25(10-8-24)19-16(20(28)27-14-15(2)5-6-18(27)23-19)13-17-21(29)26(11-12-30-3)22(31)32-17/h5-6,13-14H,4,7-12H2,1-3H3/b17-13-. The monoisotopic (exact) mass is 473 g/mol. The molecule has 8 nitrogen and oxygen atoms in total. The third kappa shape index (κ3) is 4.45. The van der Waals surface area contributed by atoms with E-state index in [0.717, 1.165) is 38.3 Å². The summed E-state index contributed by atoms with van der Waals surface area (Å²) in [5.74, 6) is 0.421. The number of carbonyl (C=O) groups is 1. The summed E-state index contributed by atoms with van der Waals surface area (Å²) in [5, 5.41) is 0. The first-order valence-electron chi connectivity index (χ1n) is 10.7. The molecule has 2 saturated heterocycles. The molecule has 0 radical (unpaired) electrons. The molecule has 0 spiro atoms. The number of fused-ring (bicyclic) bond motifs is 1. The van der Waals surface area contributed by atoms with Gasteiger partial charge in [0.25, 0.3) is 11.5 Å². The number of methoxy groups -OCH3 is 1. The first-order valence-corrected chi connectivity index (χ1v) is 11.9. The van der Waals surface area contributed by atoms with Gasteiger partial charge in [0.05, 0.1) is 23.6 Å². The quantitative estimate of drug-likeness (QED) is 0.466. The molecule has 0 N–H and O–H groups in total. The van der Waals surface area contributed by atoms with Crippen molar-refractivity contribution in [3.05, 3.63) is 44.7 Å². The van der Waals surface area contributed by atoms with E-state index in [-0.39, 0.29) is 11.5 Å². The van der Waals surface area contributed by atoms with Crippen molar-refractivity contribution in [1.29, 1.82) is 0 Å². The van der Waals surface area contributed by atoms with Gasteiger partial charge in [0.2, 0.25) is 0 Å². The number of likely N-dealkylation sites (N-methyl/N-ethyl adjacent to an activating group) is 1. The Morgan fingerprint density at radius 2 is 1.97 bits per heavy atom. The number of anilines is 1. The van der Waals surface area contributed by atoms with Gasteiger partial charge in [-0.25, -0.2) is 4.98 Å². The lowest BCUT2D eigenvalue weighted by Crippen LogP contribution is -2.47. The first kappa shape index (κ1) is 22.9. The molecule has 0 bridgehead atoms. The third-order valence-electron chi connectivity index (χ3n) is 5.77. The highest BCUT2D eigenvalue weighted by Crippen LogP contribution is 2.33. The fourth-order valence-corrected chi connectivity index (χ4v) is 5.19. The molecule has 2 fully saturated rings. The molecule has 1 amide bonds. The zero-order valence-electron chi connectivity index (χ0n) is 18.5. The second-order valence-corrected chi connectivity index (χ2v) is 9.51. The predicted octanol–water partition coefficient (Wildman–Crippen LogP) is 1.99. The summed E-state index contributed by atoms with van der Waals surface area (Å²) >= 11 is 6.61. The van der Waals surface area contributed by atoms with Gasteiger partial charge in [-0.05, 0) is 31.2 Å². The van der Waals surface area contributed by atoms with Crippen LogP contribution in [0.2, 0.25) is 0 Å². The summed E-state index contributed by atoms with van der Waals surface area (Å²) in [7, 11) is 1.59. The average Bonchev–Trinajstić information content (AvgIpc) is 3.06. The van der Waals surface area contributed by atoms with E-state index < -0.39 is 0 Å². The van der Waals surface area contributed by atoms with E-state index in [0.29, 0.717) is 39.4 Å². The largest absolute Gasteiger partial charge is 0.383 e. The van der Waals surface area contributed by atoms with Crippen LogP contribution in [0.5, 0.6) is 0 Å². The molecule has 0 aromatic carbocycles. The maximum Gasteiger partial charge on any atom is 0.267 e. The van der Waals surface area contributed by atoms with Gasteiger partial charge in [0.1, 0.15) is 15.8 Å². The molecule has 4 heterocycles. The Bertz CT molecular complexity index is 1140. The van der Waals surface area contributed by atoms with E-state index in [2.05, 4.69) is 16.7 Å². The average molecular weight is 474 g/mol. The Labute approximate surface area is 196 Å². The van der Waals surface area contributed by atoms with Crippen molar-refractivity contribution < 1.29 is 9.53 Å². The minimum atomic E-state index is -0.201. The number of piperazine rings is 1. The Kier molecular flexibility index (Phi) is 6.94. The van der Waals surface area contributed by atoms with E-state index in [1.807, 2.05) is 19.1 Å². The molecule has 2 aliphatic rings. The summed E-state index contributed by atoms with van der Waals surface area (Å²) in [6, 6.07) is 3.80. The summed E-state index contributed by atoms with van der Waals surface area (Å²) in [4.78, 5) is 37.8. The van der Waals surface area contributed by atoms with Crippen LogP contribution in [0.15, 0.2) is 28.0 Å². The van der Waals surface area contributed by atoms with Gasteiger partial charge in [0, 0.05) is 39.5 Å². The molecule has 4 rings (SSSR count). The van der Waals surface area contributed by atoms with Crippen LogP contribution in [0, 0.1) is 6.92 Å². The fourth-order valence-electron chi connectivity index (χ4n) is 3.90. The topological polar surface area (TPSA) is 70.4 Å². The van der Waals surface area contributed by atoms with Gasteiger partial charge >= 0.3 is 0 Å². The number of amides is 1. The molecule has 2 aromatic rings. The number of ether oxygens (including phenoxy) is 1. The number of hydrogen-bond donors (Lipinski definition) is 0. The summed E-state index contributed by atoms with van der Waals surface area (Å²) < 4.78 is 7.12. The van der Waals surface area contributed by atoms with Gasteiger partial charge in [-0.3, -0.25) is 18.9 Å². The number of carbonyl (C=O) groups excluding carboxylic acids is 1. The Balaban J connectivity index is 1.79.